The Morgan fingerprint density at radius 2 is 2.00 bits per heavy atom. The molecule has 0 aliphatic carbocycles. The topological polar surface area (TPSA) is 85.1 Å². The van der Waals surface area contributed by atoms with Crippen molar-refractivity contribution < 1.29 is 4.74 Å². The monoisotopic (exact) mass is 279 g/mol. The first-order chi connectivity index (χ1) is 9.21. The number of ether oxygens (including phenoxy) is 1. The number of hydrogen-bond donors (Lipinski definition) is 3. The number of nitrogen functional groups attached to an aromatic ring is 1. The van der Waals surface area contributed by atoms with E-state index in [1.807, 2.05) is 24.3 Å². The fraction of sp³-hybridized carbons (Fsp3) is 0.167. The summed E-state index contributed by atoms with van der Waals surface area (Å²) in [5.74, 6) is 6.94. The summed E-state index contributed by atoms with van der Waals surface area (Å²) < 4.78 is 5.10. The highest BCUT2D eigenvalue weighted by Crippen LogP contribution is 2.16. The van der Waals surface area contributed by atoms with Gasteiger partial charge in [-0.3, -0.25) is 5.43 Å². The van der Waals surface area contributed by atoms with Crippen LogP contribution in [0.4, 0.5) is 11.8 Å². The van der Waals surface area contributed by atoms with Crippen molar-refractivity contribution >= 4 is 23.4 Å². The molecule has 1 aromatic heterocycles. The van der Waals surface area contributed by atoms with E-state index in [9.17, 15) is 0 Å². The molecular weight excluding hydrogens is 266 g/mol. The minimum absolute atomic E-state index is 0.268. The molecule has 6 nitrogen and oxygen atoms in total. The van der Waals surface area contributed by atoms with Gasteiger partial charge in [0.25, 0.3) is 0 Å². The highest BCUT2D eigenvalue weighted by molar-refractivity contribution is 6.29. The Hall–Kier alpha value is -2.05. The van der Waals surface area contributed by atoms with Crippen LogP contribution in [0.2, 0.25) is 5.15 Å². The van der Waals surface area contributed by atoms with Gasteiger partial charge < -0.3 is 10.1 Å². The number of nitrogens with zero attached hydrogens (tertiary/aromatic N) is 2. The van der Waals surface area contributed by atoms with Crippen molar-refractivity contribution in [2.45, 2.75) is 6.54 Å². The lowest BCUT2D eigenvalue weighted by molar-refractivity contribution is 0.414. The fourth-order valence-electron chi connectivity index (χ4n) is 1.51. The molecule has 0 amide bonds. The third-order valence-electron chi connectivity index (χ3n) is 2.46. The summed E-state index contributed by atoms with van der Waals surface area (Å²) in [6.45, 7) is 0.612. The Bertz CT molecular complexity index is 546. The highest BCUT2D eigenvalue weighted by atomic mass is 35.5. The van der Waals surface area contributed by atoms with E-state index >= 15 is 0 Å². The van der Waals surface area contributed by atoms with E-state index in [0.717, 1.165) is 11.3 Å². The maximum absolute atomic E-state index is 5.85. The Morgan fingerprint density at radius 1 is 1.26 bits per heavy atom. The summed E-state index contributed by atoms with van der Waals surface area (Å²) in [6, 6.07) is 9.37. The standard InChI is InChI=1S/C12H14ClN5O/c1-19-9-4-2-8(3-5-9)7-15-11-6-10(13)16-12(17-11)18-14/h2-6H,7,14H2,1H3,(H2,15,16,17,18). The number of benzene rings is 1. The number of aromatic nitrogens is 2. The molecule has 0 saturated heterocycles. The van der Waals surface area contributed by atoms with Crippen molar-refractivity contribution in [3.05, 3.63) is 41.0 Å². The van der Waals surface area contributed by atoms with Gasteiger partial charge in [-0.2, -0.15) is 9.97 Å². The molecule has 19 heavy (non-hydrogen) atoms. The van der Waals surface area contributed by atoms with Crippen LogP contribution >= 0.6 is 11.6 Å². The van der Waals surface area contributed by atoms with E-state index in [1.54, 1.807) is 13.2 Å². The molecule has 0 fully saturated rings. The molecule has 0 atom stereocenters. The molecule has 0 unspecified atom stereocenters. The highest BCUT2D eigenvalue weighted by Gasteiger charge is 2.02. The third-order valence-corrected chi connectivity index (χ3v) is 2.65. The summed E-state index contributed by atoms with van der Waals surface area (Å²) in [5, 5.41) is 3.46. The van der Waals surface area contributed by atoms with Crippen molar-refractivity contribution in [2.75, 3.05) is 17.9 Å². The van der Waals surface area contributed by atoms with Gasteiger partial charge in [-0.05, 0) is 17.7 Å². The predicted octanol–water partition coefficient (Wildman–Crippen LogP) is 2.04. The summed E-state index contributed by atoms with van der Waals surface area (Å²) >= 11 is 5.85. The Balaban J connectivity index is 2.03. The SMILES string of the molecule is COc1ccc(CNc2cc(Cl)nc(NN)n2)cc1. The zero-order valence-electron chi connectivity index (χ0n) is 10.4. The average Bonchev–Trinajstić information content (AvgIpc) is 2.45. The van der Waals surface area contributed by atoms with Crippen LogP contribution in [0.25, 0.3) is 0 Å². The number of nitrogens with one attached hydrogen (secondary N) is 2. The number of hydrazine groups is 1. The molecule has 0 radical (unpaired) electrons. The van der Waals surface area contributed by atoms with Gasteiger partial charge in [0.15, 0.2) is 0 Å². The first-order valence-electron chi connectivity index (χ1n) is 5.59. The molecule has 0 bridgehead atoms. The first-order valence-corrected chi connectivity index (χ1v) is 5.97. The van der Waals surface area contributed by atoms with E-state index in [-0.39, 0.29) is 5.95 Å². The first kappa shape index (κ1) is 13.4. The van der Waals surface area contributed by atoms with Crippen molar-refractivity contribution in [2.24, 2.45) is 5.84 Å². The van der Waals surface area contributed by atoms with Crippen molar-refractivity contribution in [1.29, 1.82) is 0 Å². The lowest BCUT2D eigenvalue weighted by atomic mass is 10.2. The summed E-state index contributed by atoms with van der Waals surface area (Å²) in [6.07, 6.45) is 0. The number of halogens is 1. The van der Waals surface area contributed by atoms with Gasteiger partial charge in [-0.1, -0.05) is 23.7 Å². The van der Waals surface area contributed by atoms with Crippen molar-refractivity contribution in [3.63, 3.8) is 0 Å². The summed E-state index contributed by atoms with van der Waals surface area (Å²) in [5.41, 5.74) is 3.45. The third kappa shape index (κ3) is 3.70. The number of hydrogen-bond acceptors (Lipinski definition) is 6. The second-order valence-electron chi connectivity index (χ2n) is 3.75. The second kappa shape index (κ2) is 6.21. The smallest absolute Gasteiger partial charge is 0.240 e. The fourth-order valence-corrected chi connectivity index (χ4v) is 1.69. The lowest BCUT2D eigenvalue weighted by Crippen LogP contribution is -2.12. The van der Waals surface area contributed by atoms with Crippen LogP contribution in [0.3, 0.4) is 0 Å². The molecule has 4 N–H and O–H groups in total. The largest absolute Gasteiger partial charge is 0.497 e. The molecule has 2 aromatic rings. The molecule has 2 rings (SSSR count). The zero-order chi connectivity index (χ0) is 13.7. The van der Waals surface area contributed by atoms with Crippen molar-refractivity contribution in [3.8, 4) is 5.75 Å². The Labute approximate surface area is 115 Å². The van der Waals surface area contributed by atoms with Crippen LogP contribution in [0.15, 0.2) is 30.3 Å². The Kier molecular flexibility index (Phi) is 4.38. The van der Waals surface area contributed by atoms with Crippen LogP contribution in [0, 0.1) is 0 Å². The minimum atomic E-state index is 0.268. The van der Waals surface area contributed by atoms with Gasteiger partial charge >= 0.3 is 0 Å². The van der Waals surface area contributed by atoms with E-state index in [4.69, 9.17) is 22.2 Å². The molecule has 0 aliphatic rings. The molecule has 0 saturated carbocycles. The van der Waals surface area contributed by atoms with Gasteiger partial charge in [-0.15, -0.1) is 0 Å². The van der Waals surface area contributed by atoms with Crippen LogP contribution in [0.1, 0.15) is 5.56 Å². The summed E-state index contributed by atoms with van der Waals surface area (Å²) in [7, 11) is 1.64. The molecule has 100 valence electrons. The van der Waals surface area contributed by atoms with Crippen LogP contribution in [0.5, 0.6) is 5.75 Å². The van der Waals surface area contributed by atoms with Gasteiger partial charge in [0.05, 0.1) is 7.11 Å². The predicted molar refractivity (Wildman–Crippen MR) is 75.2 cm³/mol. The number of anilines is 2. The van der Waals surface area contributed by atoms with Gasteiger partial charge in [0.1, 0.15) is 16.7 Å². The number of rotatable bonds is 5. The average molecular weight is 280 g/mol. The van der Waals surface area contributed by atoms with Crippen molar-refractivity contribution in [1.82, 2.24) is 9.97 Å². The van der Waals surface area contributed by atoms with Gasteiger partial charge in [-0.25, -0.2) is 5.84 Å². The quantitative estimate of drug-likeness (QED) is 0.441. The maximum atomic E-state index is 5.85. The van der Waals surface area contributed by atoms with E-state index in [1.165, 1.54) is 0 Å². The maximum Gasteiger partial charge on any atom is 0.240 e. The van der Waals surface area contributed by atoms with Gasteiger partial charge in [0.2, 0.25) is 5.95 Å². The molecule has 0 aliphatic heterocycles. The molecule has 7 heteroatoms. The molecule has 1 aromatic carbocycles. The Morgan fingerprint density at radius 3 is 2.63 bits per heavy atom. The van der Waals surface area contributed by atoms with Crippen LogP contribution in [-0.2, 0) is 6.54 Å². The molecule has 1 heterocycles. The number of nitrogens with two attached hydrogens (primary N) is 1. The minimum Gasteiger partial charge on any atom is -0.497 e. The normalized spacial score (nSPS) is 10.1. The van der Waals surface area contributed by atoms with E-state index in [2.05, 4.69) is 20.7 Å². The van der Waals surface area contributed by atoms with Gasteiger partial charge in [0, 0.05) is 12.6 Å². The summed E-state index contributed by atoms with van der Waals surface area (Å²) in [4.78, 5) is 8.03. The van der Waals surface area contributed by atoms with E-state index < -0.39 is 0 Å². The van der Waals surface area contributed by atoms with Crippen LogP contribution < -0.4 is 21.3 Å². The molecule has 0 spiro atoms. The second-order valence-corrected chi connectivity index (χ2v) is 4.13. The van der Waals surface area contributed by atoms with Crippen LogP contribution in [-0.4, -0.2) is 17.1 Å². The number of methoxy groups -OCH3 is 1. The molecular formula is C12H14ClN5O. The zero-order valence-corrected chi connectivity index (χ0v) is 11.1. The van der Waals surface area contributed by atoms with E-state index in [0.29, 0.717) is 17.5 Å². The lowest BCUT2D eigenvalue weighted by Gasteiger charge is -2.08.